The fourth-order valence-corrected chi connectivity index (χ4v) is 2.58. The van der Waals surface area contributed by atoms with Crippen molar-refractivity contribution >= 4 is 32.6 Å². The van der Waals surface area contributed by atoms with E-state index in [1.807, 2.05) is 0 Å². The fourth-order valence-electron chi connectivity index (χ4n) is 0.286. The van der Waals surface area contributed by atoms with Gasteiger partial charge in [0.25, 0.3) is 22.5 Å². The molecule has 0 heterocycles. The highest BCUT2D eigenvalue weighted by Crippen LogP contribution is 2.02. The van der Waals surface area contributed by atoms with Gasteiger partial charge in [-0.05, 0) is 0 Å². The fraction of sp³-hybridized carbons (Fsp3) is 1.00. The van der Waals surface area contributed by atoms with Crippen LogP contribution in [-0.2, 0) is 32.6 Å². The van der Waals surface area contributed by atoms with Crippen molar-refractivity contribution in [3.63, 3.8) is 0 Å². The first-order valence-electron chi connectivity index (χ1n) is 1.99. The molecule has 0 saturated heterocycles. The molecular weight excluding hydrogens is 218 g/mol. The van der Waals surface area contributed by atoms with E-state index in [-0.39, 0.29) is 0 Å². The molecule has 0 bridgehead atoms. The molecule has 68 valence electrons. The van der Waals surface area contributed by atoms with Gasteiger partial charge in [-0.15, -0.1) is 0 Å². The van der Waals surface area contributed by atoms with Gasteiger partial charge in [0.1, 0.15) is 0 Å². The van der Waals surface area contributed by atoms with Crippen molar-refractivity contribution in [1.29, 1.82) is 0 Å². The molecule has 2 atom stereocenters. The van der Waals surface area contributed by atoms with E-state index in [9.17, 15) is 16.8 Å². The lowest BCUT2D eigenvalue weighted by Crippen LogP contribution is -2.32. The Morgan fingerprint density at radius 1 is 1.18 bits per heavy atom. The number of rotatable bonds is 3. The molecule has 0 saturated carbocycles. The van der Waals surface area contributed by atoms with Gasteiger partial charge in [-0.1, -0.05) is 0 Å². The van der Waals surface area contributed by atoms with E-state index in [0.29, 0.717) is 6.26 Å². The third-order valence-electron chi connectivity index (χ3n) is 0.526. The molecule has 0 rings (SSSR count). The Kier molecular flexibility index (Phi) is 3.73. The van der Waals surface area contributed by atoms with Crippen LogP contribution in [0.25, 0.3) is 0 Å². The summed E-state index contributed by atoms with van der Waals surface area (Å²) in [7, 11) is -4.13. The molecule has 2 unspecified atom stereocenters. The number of nitrogens with zero attached hydrogens (tertiary/aromatic N) is 1. The lowest BCUT2D eigenvalue weighted by atomic mass is 12.0. The lowest BCUT2D eigenvalue weighted by molar-refractivity contribution is 0.502. The first-order chi connectivity index (χ1) is 4.76. The van der Waals surface area contributed by atoms with Gasteiger partial charge in [0, 0.05) is 3.12 Å². The highest BCUT2D eigenvalue weighted by molar-refractivity contribution is 8.10. The third-order valence-corrected chi connectivity index (χ3v) is 4.73. The van der Waals surface area contributed by atoms with Gasteiger partial charge < -0.3 is 0 Å². The Labute approximate surface area is 68.3 Å². The average molecular weight is 223 g/mol. The predicted molar refractivity (Wildman–Crippen MR) is 38.2 cm³/mol. The summed E-state index contributed by atoms with van der Waals surface area (Å²) in [6.07, 6.45) is 0.537. The molecule has 0 aliphatic carbocycles. The maximum atomic E-state index is 10.4. The van der Waals surface area contributed by atoms with E-state index < -0.39 is 35.7 Å². The monoisotopic (exact) mass is 223 g/mol. The molecule has 0 radical (unpaired) electrons. The molecule has 0 aliphatic rings. The van der Waals surface area contributed by atoms with Crippen LogP contribution >= 0.6 is 0 Å². The zero-order valence-electron chi connectivity index (χ0n) is 5.20. The van der Waals surface area contributed by atoms with E-state index in [1.54, 1.807) is 0 Å². The molecule has 0 spiro atoms. The molecule has 7 nitrogen and oxygen atoms in total. The molecule has 0 fully saturated rings. The molecule has 0 aliphatic heterocycles. The number of sulfonamides is 1. The first-order valence-corrected chi connectivity index (χ1v) is 5.96. The minimum atomic E-state index is -4.13. The summed E-state index contributed by atoms with van der Waals surface area (Å²) in [5, 5.41) is 0. The smallest absolute Gasteiger partial charge is 0.263 e. The zero-order valence-corrected chi connectivity index (χ0v) is 7.65. The van der Waals surface area contributed by atoms with Gasteiger partial charge in [-0.25, -0.2) is 16.8 Å². The van der Waals surface area contributed by atoms with Crippen LogP contribution in [0.3, 0.4) is 0 Å². The van der Waals surface area contributed by atoms with Crippen LogP contribution in [0.15, 0.2) is 0 Å². The Balaban J connectivity index is 4.94. The first kappa shape index (κ1) is 11.1. The zero-order chi connectivity index (χ0) is 9.23. The van der Waals surface area contributed by atoms with Gasteiger partial charge >= 0.3 is 0 Å². The van der Waals surface area contributed by atoms with Crippen LogP contribution < -0.4 is 0 Å². The molecule has 0 aromatic heterocycles. The minimum Gasteiger partial charge on any atom is -0.292 e. The molecule has 0 aromatic rings. The molecule has 0 amide bonds. The quantitative estimate of drug-likeness (QED) is 0.564. The summed E-state index contributed by atoms with van der Waals surface area (Å²) in [5.74, 6) is 0. The van der Waals surface area contributed by atoms with Crippen LogP contribution in [0.5, 0.6) is 0 Å². The normalized spacial score (nSPS) is 18.2. The van der Waals surface area contributed by atoms with Gasteiger partial charge in [0.2, 0.25) is 10.0 Å². The maximum absolute atomic E-state index is 10.4. The van der Waals surface area contributed by atoms with Crippen LogP contribution in [0.2, 0.25) is 0 Å². The topological polar surface area (TPSA) is 112 Å². The van der Waals surface area contributed by atoms with Gasteiger partial charge in [0.15, 0.2) is 0 Å². The molecule has 0 aromatic carbocycles. The van der Waals surface area contributed by atoms with Crippen molar-refractivity contribution in [2.75, 3.05) is 6.26 Å². The summed E-state index contributed by atoms with van der Waals surface area (Å²) in [4.78, 5) is 0. The molecular formula is CH5NO6S3. The lowest BCUT2D eigenvalue weighted by Gasteiger charge is -2.07. The summed E-state index contributed by atoms with van der Waals surface area (Å²) in [6.45, 7) is 0. The largest absolute Gasteiger partial charge is 0.292 e. The van der Waals surface area contributed by atoms with E-state index in [4.69, 9.17) is 9.11 Å². The standard InChI is InChI=1S/CH5NO6S3/c1-11(7,8)2(9(3)4)10(5)6/h1H3,(H,3,4)(H,5,6). The second-order valence-corrected chi connectivity index (χ2v) is 5.60. The maximum Gasteiger partial charge on any atom is 0.263 e. The summed E-state index contributed by atoms with van der Waals surface area (Å²) < 4.78 is 57.0. The van der Waals surface area contributed by atoms with Gasteiger partial charge in [0.05, 0.1) is 6.26 Å². The van der Waals surface area contributed by atoms with Crippen LogP contribution in [0.4, 0.5) is 0 Å². The average Bonchev–Trinajstić information content (AvgIpc) is 1.54. The second kappa shape index (κ2) is 3.69. The SMILES string of the molecule is CS(=O)(=O)N(S(=O)O)S(=O)O. The third kappa shape index (κ3) is 3.35. The Bertz CT molecular complexity index is 264. The minimum absolute atomic E-state index is 0.451. The van der Waals surface area contributed by atoms with E-state index >= 15 is 0 Å². The summed E-state index contributed by atoms with van der Waals surface area (Å²) in [5.41, 5.74) is 0. The molecule has 10 heteroatoms. The van der Waals surface area contributed by atoms with Crippen molar-refractivity contribution in [3.05, 3.63) is 0 Å². The van der Waals surface area contributed by atoms with Gasteiger partial charge in [-0.2, -0.15) is 0 Å². The highest BCUT2D eigenvalue weighted by atomic mass is 32.3. The van der Waals surface area contributed by atoms with Crippen molar-refractivity contribution in [3.8, 4) is 0 Å². The Morgan fingerprint density at radius 3 is 1.45 bits per heavy atom. The number of hydrogen-bond acceptors (Lipinski definition) is 4. The van der Waals surface area contributed by atoms with Crippen LogP contribution in [0, 0.1) is 0 Å². The predicted octanol–water partition coefficient (Wildman–Crippen LogP) is -1.48. The molecule has 11 heavy (non-hydrogen) atoms. The number of hydrogen-bond donors (Lipinski definition) is 2. The van der Waals surface area contributed by atoms with Crippen molar-refractivity contribution in [1.82, 2.24) is 3.12 Å². The summed E-state index contributed by atoms with van der Waals surface area (Å²) in [6, 6.07) is 0. The van der Waals surface area contributed by atoms with E-state index in [0.717, 1.165) is 0 Å². The second-order valence-electron chi connectivity index (χ2n) is 1.42. The molecule has 2 N–H and O–H groups in total. The van der Waals surface area contributed by atoms with Crippen LogP contribution in [0.1, 0.15) is 0 Å². The van der Waals surface area contributed by atoms with Crippen molar-refractivity contribution < 1.29 is 25.9 Å². The highest BCUT2D eigenvalue weighted by Gasteiger charge is 2.28. The van der Waals surface area contributed by atoms with Crippen LogP contribution in [-0.4, -0.2) is 35.3 Å². The van der Waals surface area contributed by atoms with Crippen molar-refractivity contribution in [2.24, 2.45) is 0 Å². The Hall–Kier alpha value is 0.130. The summed E-state index contributed by atoms with van der Waals surface area (Å²) >= 11 is -6.02. The van der Waals surface area contributed by atoms with Gasteiger partial charge in [-0.3, -0.25) is 9.11 Å². The van der Waals surface area contributed by atoms with E-state index in [1.165, 1.54) is 0 Å². The van der Waals surface area contributed by atoms with Crippen molar-refractivity contribution in [2.45, 2.75) is 0 Å². The Morgan fingerprint density at radius 2 is 1.45 bits per heavy atom. The van der Waals surface area contributed by atoms with E-state index in [2.05, 4.69) is 0 Å².